The third-order valence-corrected chi connectivity index (χ3v) is 0. The summed E-state index contributed by atoms with van der Waals surface area (Å²) in [6.45, 7) is 0. The predicted octanol–water partition coefficient (Wildman–Crippen LogP) is -1.19. The summed E-state index contributed by atoms with van der Waals surface area (Å²) >= 11 is 0. The van der Waals surface area contributed by atoms with Crippen LogP contribution in [0.1, 0.15) is 0 Å². The Morgan fingerprint density at radius 3 is 1.00 bits per heavy atom. The molecule has 39 valence electrons. The fraction of sp³-hybridized carbons (Fsp3) is 0. The van der Waals surface area contributed by atoms with Crippen LogP contribution < -0.4 is 0 Å². The molecule has 0 spiro atoms. The molecule has 0 amide bonds. The van der Waals surface area contributed by atoms with Crippen LogP contribution in [0.4, 0.5) is 0 Å². The van der Waals surface area contributed by atoms with Gasteiger partial charge < -0.3 is 0 Å². The summed E-state index contributed by atoms with van der Waals surface area (Å²) in [4.78, 5) is 0. The zero-order chi connectivity index (χ0) is 0. The quantitative estimate of drug-likeness (QED) is 0.492. The Labute approximate surface area is 86.9 Å². The van der Waals surface area contributed by atoms with Crippen LogP contribution in [0, 0.1) is 0 Å². The zero-order valence-electron chi connectivity index (χ0n) is 2.39. The molecule has 0 aliphatic carbocycles. The molecule has 0 rings (SSSR count). The number of rotatable bonds is 0. The molecule has 5 heavy (non-hydrogen) atoms. The van der Waals surface area contributed by atoms with Gasteiger partial charge in [-0.2, -0.15) is 0 Å². The molecule has 0 aliphatic rings. The second-order valence-corrected chi connectivity index (χ2v) is 0. The fourth-order valence-electron chi connectivity index (χ4n) is 0. The van der Waals surface area contributed by atoms with Gasteiger partial charge in [-0.15, -0.1) is 0 Å². The molecular formula is H3AsCuFeNiZn. The van der Waals surface area contributed by atoms with Gasteiger partial charge in [-0.05, 0) is 0 Å². The molecule has 0 nitrogen and oxygen atoms in total. The molecule has 0 saturated heterocycles. The summed E-state index contributed by atoms with van der Waals surface area (Å²) in [6, 6.07) is 0. The van der Waals surface area contributed by atoms with Gasteiger partial charge >= 0.3 is 18.0 Å². The van der Waals surface area contributed by atoms with E-state index in [-0.39, 0.29) is 88.1 Å². The second kappa shape index (κ2) is 29.8. The molecule has 0 N–H and O–H groups in total. The molecule has 1 radical (unpaired) electrons. The summed E-state index contributed by atoms with van der Waals surface area (Å²) in [5.74, 6) is 0. The Morgan fingerprint density at radius 1 is 1.00 bits per heavy atom. The van der Waals surface area contributed by atoms with Crippen LogP contribution in [0.5, 0.6) is 0 Å². The van der Waals surface area contributed by atoms with Crippen LogP contribution >= 0.6 is 0 Å². The summed E-state index contributed by atoms with van der Waals surface area (Å²) in [5.41, 5.74) is 0. The molecule has 5 heteroatoms. The van der Waals surface area contributed by atoms with Crippen molar-refractivity contribution in [2.45, 2.75) is 0 Å². The minimum Gasteiger partial charge on any atom is 0 e. The molecule has 0 fully saturated rings. The van der Waals surface area contributed by atoms with E-state index >= 15 is 0 Å². The maximum Gasteiger partial charge on any atom is 0 e. The fourth-order valence-corrected chi connectivity index (χ4v) is 0. The van der Waals surface area contributed by atoms with E-state index in [0.29, 0.717) is 0 Å². The monoisotopic (exact) mass is 319 g/mol. The van der Waals surface area contributed by atoms with Gasteiger partial charge in [0.2, 0.25) is 0 Å². The first kappa shape index (κ1) is 47.2. The predicted molar refractivity (Wildman–Crippen MR) is 9.94 cm³/mol. The van der Waals surface area contributed by atoms with Crippen molar-refractivity contribution in [1.29, 1.82) is 0 Å². The first-order chi connectivity index (χ1) is 0. The topological polar surface area (TPSA) is 0 Å². The van der Waals surface area contributed by atoms with Crippen molar-refractivity contribution in [1.82, 2.24) is 0 Å². The molecule has 0 aromatic carbocycles. The minimum atomic E-state index is 0. The van der Waals surface area contributed by atoms with Crippen molar-refractivity contribution in [2.24, 2.45) is 0 Å². The molecule has 0 aromatic heterocycles. The van der Waals surface area contributed by atoms with Crippen LogP contribution in [0.3, 0.4) is 0 Å². The zero-order valence-corrected chi connectivity index (χ0v) is 11.4. The molecular weight excluding hydrogens is 318 g/mol. The van der Waals surface area contributed by atoms with E-state index in [9.17, 15) is 0 Å². The second-order valence-electron chi connectivity index (χ2n) is 0. The van der Waals surface area contributed by atoms with E-state index in [0.717, 1.165) is 0 Å². The van der Waals surface area contributed by atoms with Crippen LogP contribution in [-0.4, -0.2) is 18.0 Å². The van der Waals surface area contributed by atoms with Crippen molar-refractivity contribution in [3.63, 3.8) is 0 Å². The van der Waals surface area contributed by atoms with Crippen molar-refractivity contribution in [3.05, 3.63) is 0 Å². The van der Waals surface area contributed by atoms with E-state index in [4.69, 9.17) is 0 Å². The molecule has 0 aromatic rings. The first-order valence-electron chi connectivity index (χ1n) is 0. The van der Waals surface area contributed by atoms with Crippen LogP contribution in [0.2, 0.25) is 0 Å². The minimum absolute atomic E-state index is 0. The summed E-state index contributed by atoms with van der Waals surface area (Å²) in [5, 5.41) is 0. The van der Waals surface area contributed by atoms with Gasteiger partial charge in [0.1, 0.15) is 0 Å². The van der Waals surface area contributed by atoms with Crippen LogP contribution in [0.25, 0.3) is 0 Å². The molecule has 0 aliphatic heterocycles. The van der Waals surface area contributed by atoms with Gasteiger partial charge in [0.05, 0.1) is 0 Å². The third kappa shape index (κ3) is 20.3. The van der Waals surface area contributed by atoms with Crippen molar-refractivity contribution < 1.29 is 70.1 Å². The van der Waals surface area contributed by atoms with E-state index in [1.807, 2.05) is 0 Å². The molecule has 0 bridgehead atoms. The standard InChI is InChI=1S/AsH3.Cu.Fe.Ni.Zn/h1H3;;;;. The Hall–Kier alpha value is 2.71. The van der Waals surface area contributed by atoms with Gasteiger partial charge in [0, 0.05) is 70.1 Å². The van der Waals surface area contributed by atoms with E-state index < -0.39 is 0 Å². The van der Waals surface area contributed by atoms with E-state index in [2.05, 4.69) is 0 Å². The molecule has 0 saturated carbocycles. The van der Waals surface area contributed by atoms with E-state index in [1.165, 1.54) is 0 Å². The Bertz CT molecular complexity index is 11.6. The maximum absolute atomic E-state index is 0. The summed E-state index contributed by atoms with van der Waals surface area (Å²) in [6.07, 6.45) is 0. The van der Waals surface area contributed by atoms with Gasteiger partial charge in [0.15, 0.2) is 0 Å². The van der Waals surface area contributed by atoms with Crippen molar-refractivity contribution >= 4 is 18.0 Å². The number of hydrogen-bond acceptors (Lipinski definition) is 0. The summed E-state index contributed by atoms with van der Waals surface area (Å²) in [7, 11) is 0. The van der Waals surface area contributed by atoms with Crippen molar-refractivity contribution in [2.75, 3.05) is 0 Å². The summed E-state index contributed by atoms with van der Waals surface area (Å²) < 4.78 is 0. The van der Waals surface area contributed by atoms with E-state index in [1.54, 1.807) is 0 Å². The third-order valence-electron chi connectivity index (χ3n) is 0. The first-order valence-corrected chi connectivity index (χ1v) is 0. The Morgan fingerprint density at radius 2 is 1.00 bits per heavy atom. The van der Waals surface area contributed by atoms with Gasteiger partial charge in [0.25, 0.3) is 0 Å². The number of hydrogen-bond donors (Lipinski definition) is 0. The smallest absolute Gasteiger partial charge is 0 e. The van der Waals surface area contributed by atoms with Crippen molar-refractivity contribution in [3.8, 4) is 0 Å². The Balaban J connectivity index is 0. The average molecular weight is 321 g/mol. The normalized spacial score (nSPS) is 0. The molecule has 0 heterocycles. The molecule has 1 atom stereocenters. The Kier molecular flexibility index (Phi) is 281. The maximum atomic E-state index is 0. The SMILES string of the molecule is [AsH3].[Cu].[Fe].[Ni].[Zn]. The van der Waals surface area contributed by atoms with Crippen LogP contribution in [0.15, 0.2) is 0 Å². The largest absolute Gasteiger partial charge is 0 e. The van der Waals surface area contributed by atoms with Gasteiger partial charge in [-0.3, -0.25) is 0 Å². The van der Waals surface area contributed by atoms with Crippen LogP contribution in [-0.2, 0) is 70.1 Å². The van der Waals surface area contributed by atoms with Gasteiger partial charge in [-0.25, -0.2) is 0 Å². The van der Waals surface area contributed by atoms with Gasteiger partial charge in [-0.1, -0.05) is 0 Å². The molecule has 1 unspecified atom stereocenters. The average Bonchev–Trinajstić information content (AvgIpc) is 0.